The number of anilines is 2. The highest BCUT2D eigenvalue weighted by molar-refractivity contribution is 5.65. The number of nitrogen functional groups attached to an aromatic ring is 1. The highest BCUT2D eigenvalue weighted by atomic mass is 16.6. The molecule has 0 aliphatic carbocycles. The number of rotatable bonds is 6. The zero-order valence-electron chi connectivity index (χ0n) is 12.2. The van der Waals surface area contributed by atoms with Crippen LogP contribution in [0.25, 0.3) is 0 Å². The smallest absolute Gasteiger partial charge is 0.292 e. The summed E-state index contributed by atoms with van der Waals surface area (Å²) in [4.78, 5) is 10.2. The normalized spacial score (nSPS) is 10.6. The molecule has 1 aromatic heterocycles. The van der Waals surface area contributed by atoms with Gasteiger partial charge in [-0.05, 0) is 38.5 Å². The number of nitro groups is 1. The van der Waals surface area contributed by atoms with Crippen LogP contribution in [0.3, 0.4) is 0 Å². The van der Waals surface area contributed by atoms with E-state index in [1.807, 2.05) is 24.6 Å². The second-order valence-electron chi connectivity index (χ2n) is 4.96. The molecule has 7 nitrogen and oxygen atoms in total. The first-order chi connectivity index (χ1) is 9.97. The SMILES string of the molecule is Cc1cc(C)n(CCCNc2ccc([N+](=O)[O-])c(N)c2)n1. The van der Waals surface area contributed by atoms with E-state index >= 15 is 0 Å². The number of nitrogens with one attached hydrogen (secondary N) is 1. The average Bonchev–Trinajstić information content (AvgIpc) is 2.73. The summed E-state index contributed by atoms with van der Waals surface area (Å²) >= 11 is 0. The van der Waals surface area contributed by atoms with Gasteiger partial charge >= 0.3 is 0 Å². The molecule has 21 heavy (non-hydrogen) atoms. The van der Waals surface area contributed by atoms with Crippen LogP contribution in [-0.4, -0.2) is 21.2 Å². The van der Waals surface area contributed by atoms with Crippen molar-refractivity contribution < 1.29 is 4.92 Å². The van der Waals surface area contributed by atoms with Crippen molar-refractivity contribution in [2.24, 2.45) is 0 Å². The number of aryl methyl sites for hydroxylation is 3. The maximum Gasteiger partial charge on any atom is 0.292 e. The Hall–Kier alpha value is -2.57. The highest BCUT2D eigenvalue weighted by Crippen LogP contribution is 2.24. The van der Waals surface area contributed by atoms with Crippen molar-refractivity contribution in [3.8, 4) is 0 Å². The molecule has 0 radical (unpaired) electrons. The maximum absolute atomic E-state index is 10.7. The van der Waals surface area contributed by atoms with E-state index in [9.17, 15) is 10.1 Å². The minimum Gasteiger partial charge on any atom is -0.393 e. The molecule has 2 aromatic rings. The number of benzene rings is 1. The molecule has 0 amide bonds. The molecular formula is C14H19N5O2. The van der Waals surface area contributed by atoms with Crippen LogP contribution in [0.1, 0.15) is 17.8 Å². The fourth-order valence-electron chi connectivity index (χ4n) is 2.19. The first-order valence-corrected chi connectivity index (χ1v) is 6.76. The van der Waals surface area contributed by atoms with E-state index in [-0.39, 0.29) is 11.4 Å². The third-order valence-electron chi connectivity index (χ3n) is 3.20. The minimum absolute atomic E-state index is 0.0665. The number of aromatic nitrogens is 2. The van der Waals surface area contributed by atoms with Gasteiger partial charge in [-0.1, -0.05) is 0 Å². The van der Waals surface area contributed by atoms with Crippen molar-refractivity contribution in [1.29, 1.82) is 0 Å². The summed E-state index contributed by atoms with van der Waals surface area (Å²) in [6.07, 6.45) is 0.902. The van der Waals surface area contributed by atoms with E-state index in [1.165, 1.54) is 6.07 Å². The molecule has 2 rings (SSSR count). The summed E-state index contributed by atoms with van der Waals surface area (Å²) in [6.45, 7) is 5.58. The third-order valence-corrected chi connectivity index (χ3v) is 3.20. The van der Waals surface area contributed by atoms with Gasteiger partial charge in [0.2, 0.25) is 0 Å². The second-order valence-corrected chi connectivity index (χ2v) is 4.96. The van der Waals surface area contributed by atoms with Crippen molar-refractivity contribution in [1.82, 2.24) is 9.78 Å². The number of nitro benzene ring substituents is 1. The van der Waals surface area contributed by atoms with Crippen LogP contribution in [0.4, 0.5) is 17.1 Å². The van der Waals surface area contributed by atoms with Crippen LogP contribution in [0.5, 0.6) is 0 Å². The van der Waals surface area contributed by atoms with E-state index in [4.69, 9.17) is 5.73 Å². The van der Waals surface area contributed by atoms with Gasteiger partial charge in [0.05, 0.1) is 10.6 Å². The van der Waals surface area contributed by atoms with Crippen LogP contribution in [0, 0.1) is 24.0 Å². The second kappa shape index (κ2) is 6.25. The number of nitrogens with zero attached hydrogens (tertiary/aromatic N) is 3. The standard InChI is InChI=1S/C14H19N5O2/c1-10-8-11(2)18(17-10)7-3-6-16-12-4-5-14(19(20)21)13(15)9-12/h4-5,8-9,16H,3,6-7,15H2,1-2H3. The summed E-state index contributed by atoms with van der Waals surface area (Å²) in [5.74, 6) is 0. The molecule has 0 saturated carbocycles. The molecule has 1 aromatic carbocycles. The molecule has 112 valence electrons. The van der Waals surface area contributed by atoms with E-state index in [0.717, 1.165) is 36.6 Å². The Kier molecular flexibility index (Phi) is 4.42. The van der Waals surface area contributed by atoms with Crippen LogP contribution < -0.4 is 11.1 Å². The Bertz CT molecular complexity index is 651. The zero-order valence-corrected chi connectivity index (χ0v) is 12.2. The molecule has 1 heterocycles. The van der Waals surface area contributed by atoms with Gasteiger partial charge in [0.1, 0.15) is 5.69 Å². The van der Waals surface area contributed by atoms with Gasteiger partial charge in [-0.15, -0.1) is 0 Å². The lowest BCUT2D eigenvalue weighted by molar-refractivity contribution is -0.383. The molecule has 0 saturated heterocycles. The Labute approximate surface area is 122 Å². The van der Waals surface area contributed by atoms with E-state index in [1.54, 1.807) is 12.1 Å². The Morgan fingerprint density at radius 1 is 1.38 bits per heavy atom. The quantitative estimate of drug-likeness (QED) is 0.368. The lowest BCUT2D eigenvalue weighted by atomic mass is 10.2. The number of hydrogen-bond donors (Lipinski definition) is 2. The lowest BCUT2D eigenvalue weighted by Crippen LogP contribution is -2.09. The summed E-state index contributed by atoms with van der Waals surface area (Å²) in [5, 5.41) is 18.3. The summed E-state index contributed by atoms with van der Waals surface area (Å²) in [7, 11) is 0. The molecule has 0 unspecified atom stereocenters. The topological polar surface area (TPSA) is 99.0 Å². The van der Waals surface area contributed by atoms with Gasteiger partial charge < -0.3 is 11.1 Å². The van der Waals surface area contributed by atoms with Crippen LogP contribution >= 0.6 is 0 Å². The maximum atomic E-state index is 10.7. The van der Waals surface area contributed by atoms with E-state index in [0.29, 0.717) is 0 Å². The van der Waals surface area contributed by atoms with Gasteiger partial charge in [-0.2, -0.15) is 5.10 Å². The van der Waals surface area contributed by atoms with Crippen LogP contribution in [-0.2, 0) is 6.54 Å². The summed E-state index contributed by atoms with van der Waals surface area (Å²) in [6, 6.07) is 6.71. The first kappa shape index (κ1) is 14.8. The van der Waals surface area contributed by atoms with Crippen molar-refractivity contribution in [3.05, 3.63) is 45.8 Å². The van der Waals surface area contributed by atoms with Crippen LogP contribution in [0.15, 0.2) is 24.3 Å². The molecule has 0 aliphatic rings. The Morgan fingerprint density at radius 2 is 2.14 bits per heavy atom. The van der Waals surface area contributed by atoms with E-state index in [2.05, 4.69) is 10.4 Å². The average molecular weight is 289 g/mol. The fraction of sp³-hybridized carbons (Fsp3) is 0.357. The molecule has 0 atom stereocenters. The number of nitrogens with two attached hydrogens (primary N) is 1. The van der Waals surface area contributed by atoms with Gasteiger partial charge in [-0.3, -0.25) is 14.8 Å². The van der Waals surface area contributed by atoms with E-state index < -0.39 is 4.92 Å². The highest BCUT2D eigenvalue weighted by Gasteiger charge is 2.10. The van der Waals surface area contributed by atoms with Crippen molar-refractivity contribution >= 4 is 17.1 Å². The Balaban J connectivity index is 1.85. The van der Waals surface area contributed by atoms with Crippen LogP contribution in [0.2, 0.25) is 0 Å². The summed E-state index contributed by atoms with van der Waals surface area (Å²) < 4.78 is 1.97. The molecule has 0 spiro atoms. The largest absolute Gasteiger partial charge is 0.393 e. The van der Waals surface area contributed by atoms with Gasteiger partial charge in [0.25, 0.3) is 5.69 Å². The predicted octanol–water partition coefficient (Wildman–Crippen LogP) is 2.49. The molecule has 0 fully saturated rings. The van der Waals surface area contributed by atoms with Crippen molar-refractivity contribution in [2.45, 2.75) is 26.8 Å². The van der Waals surface area contributed by atoms with Gasteiger partial charge in [0.15, 0.2) is 0 Å². The first-order valence-electron chi connectivity index (χ1n) is 6.76. The molecule has 7 heteroatoms. The van der Waals surface area contributed by atoms with Crippen molar-refractivity contribution in [2.75, 3.05) is 17.6 Å². The molecule has 3 N–H and O–H groups in total. The fourth-order valence-corrected chi connectivity index (χ4v) is 2.19. The lowest BCUT2D eigenvalue weighted by Gasteiger charge is -2.08. The Morgan fingerprint density at radius 3 is 2.71 bits per heavy atom. The molecular weight excluding hydrogens is 270 g/mol. The van der Waals surface area contributed by atoms with Gasteiger partial charge in [-0.25, -0.2) is 0 Å². The summed E-state index contributed by atoms with van der Waals surface area (Å²) in [5.41, 5.74) is 8.69. The van der Waals surface area contributed by atoms with Gasteiger partial charge in [0, 0.05) is 30.5 Å². The number of hydrogen-bond acceptors (Lipinski definition) is 5. The predicted molar refractivity (Wildman–Crippen MR) is 82.3 cm³/mol. The zero-order chi connectivity index (χ0) is 15.4. The minimum atomic E-state index is -0.484. The third kappa shape index (κ3) is 3.71. The van der Waals surface area contributed by atoms with Crippen molar-refractivity contribution in [3.63, 3.8) is 0 Å². The monoisotopic (exact) mass is 289 g/mol. The molecule has 0 bridgehead atoms. The molecule has 0 aliphatic heterocycles.